The fourth-order valence-electron chi connectivity index (χ4n) is 1.53. The van der Waals surface area contributed by atoms with Crippen LogP contribution in [0.3, 0.4) is 0 Å². The maximum atomic E-state index is 5.63. The van der Waals surface area contributed by atoms with Crippen molar-refractivity contribution in [1.29, 1.82) is 0 Å². The van der Waals surface area contributed by atoms with Crippen LogP contribution in [0.2, 0.25) is 0 Å². The minimum atomic E-state index is 0.567. The summed E-state index contributed by atoms with van der Waals surface area (Å²) in [6, 6.07) is 14.3. The lowest BCUT2D eigenvalue weighted by Crippen LogP contribution is -1.93. The first-order valence-corrected chi connectivity index (χ1v) is 4.96. The fraction of sp³-hybridized carbons (Fsp3) is 0.0714. The van der Waals surface area contributed by atoms with Gasteiger partial charge < -0.3 is 4.74 Å². The summed E-state index contributed by atoms with van der Waals surface area (Å²) in [6.45, 7) is 4.19. The molecule has 0 saturated carbocycles. The zero-order valence-electron chi connectivity index (χ0n) is 8.52. The van der Waals surface area contributed by atoms with Crippen LogP contribution in [0.25, 0.3) is 10.8 Å². The second-order valence-electron chi connectivity index (χ2n) is 3.26. The van der Waals surface area contributed by atoms with E-state index < -0.39 is 0 Å². The van der Waals surface area contributed by atoms with Crippen LogP contribution in [0.4, 0.5) is 0 Å². The van der Waals surface area contributed by atoms with Crippen molar-refractivity contribution >= 4 is 10.8 Å². The van der Waals surface area contributed by atoms with Crippen molar-refractivity contribution in [2.24, 2.45) is 0 Å². The number of benzene rings is 2. The topological polar surface area (TPSA) is 9.23 Å². The molecule has 0 heterocycles. The standard InChI is InChI=1S/C14H13O/c1-2-3-11-15-14-10-6-8-12-7-4-5-9-13(12)14/h2-10H,1,11H2. The van der Waals surface area contributed by atoms with Crippen molar-refractivity contribution in [3.63, 3.8) is 0 Å². The molecule has 0 aliphatic rings. The third-order valence-corrected chi connectivity index (χ3v) is 2.25. The summed E-state index contributed by atoms with van der Waals surface area (Å²) < 4.78 is 5.63. The molecule has 0 fully saturated rings. The van der Waals surface area contributed by atoms with Crippen molar-refractivity contribution in [3.8, 4) is 5.75 Å². The molecule has 0 N–H and O–H groups in total. The van der Waals surface area contributed by atoms with Gasteiger partial charge in [0.2, 0.25) is 0 Å². The van der Waals surface area contributed by atoms with E-state index in [0.717, 1.165) is 11.1 Å². The van der Waals surface area contributed by atoms with Gasteiger partial charge in [-0.05, 0) is 18.4 Å². The summed E-state index contributed by atoms with van der Waals surface area (Å²) in [6.07, 6.45) is 3.63. The first kappa shape index (κ1) is 9.78. The lowest BCUT2D eigenvalue weighted by molar-refractivity contribution is 0.367. The van der Waals surface area contributed by atoms with Crippen LogP contribution >= 0.6 is 0 Å². The van der Waals surface area contributed by atoms with E-state index in [2.05, 4.69) is 25.1 Å². The molecule has 0 bridgehead atoms. The van der Waals surface area contributed by atoms with Crippen molar-refractivity contribution in [1.82, 2.24) is 0 Å². The second kappa shape index (κ2) is 4.65. The maximum absolute atomic E-state index is 5.63. The minimum Gasteiger partial charge on any atom is -0.489 e. The van der Waals surface area contributed by atoms with Crippen LogP contribution in [0.5, 0.6) is 5.75 Å². The Morgan fingerprint density at radius 2 is 1.87 bits per heavy atom. The summed E-state index contributed by atoms with van der Waals surface area (Å²) >= 11 is 0. The molecule has 1 nitrogen and oxygen atoms in total. The molecule has 0 unspecified atom stereocenters. The average molecular weight is 197 g/mol. The Kier molecular flexibility index (Phi) is 3.03. The molecule has 0 spiro atoms. The highest BCUT2D eigenvalue weighted by atomic mass is 16.5. The van der Waals surface area contributed by atoms with Gasteiger partial charge in [-0.25, -0.2) is 0 Å². The lowest BCUT2D eigenvalue weighted by atomic mass is 10.1. The highest BCUT2D eigenvalue weighted by Crippen LogP contribution is 2.24. The van der Waals surface area contributed by atoms with E-state index in [0.29, 0.717) is 6.61 Å². The van der Waals surface area contributed by atoms with Gasteiger partial charge in [-0.1, -0.05) is 48.6 Å². The van der Waals surface area contributed by atoms with Crippen molar-refractivity contribution < 1.29 is 4.74 Å². The Labute approximate surface area is 90.0 Å². The van der Waals surface area contributed by atoms with E-state index in [1.165, 1.54) is 5.39 Å². The molecular weight excluding hydrogens is 184 g/mol. The molecule has 0 aromatic heterocycles. The van der Waals surface area contributed by atoms with Gasteiger partial charge in [-0.2, -0.15) is 0 Å². The Bertz CT molecular complexity index is 466. The molecule has 2 aromatic rings. The van der Waals surface area contributed by atoms with Crippen LogP contribution in [-0.4, -0.2) is 6.61 Å². The fourth-order valence-corrected chi connectivity index (χ4v) is 1.53. The van der Waals surface area contributed by atoms with E-state index in [1.54, 1.807) is 6.08 Å². The summed E-state index contributed by atoms with van der Waals surface area (Å²) in [5.41, 5.74) is 0. The third kappa shape index (κ3) is 2.18. The highest BCUT2D eigenvalue weighted by molar-refractivity contribution is 5.88. The van der Waals surface area contributed by atoms with Gasteiger partial charge in [0.25, 0.3) is 0 Å². The van der Waals surface area contributed by atoms with Gasteiger partial charge in [0.05, 0.1) is 0 Å². The predicted octanol–water partition coefficient (Wildman–Crippen LogP) is 3.61. The van der Waals surface area contributed by atoms with Crippen LogP contribution < -0.4 is 4.74 Å². The van der Waals surface area contributed by atoms with Gasteiger partial charge in [0.1, 0.15) is 12.4 Å². The zero-order valence-corrected chi connectivity index (χ0v) is 8.52. The monoisotopic (exact) mass is 197 g/mol. The van der Waals surface area contributed by atoms with Gasteiger partial charge in [0.15, 0.2) is 0 Å². The van der Waals surface area contributed by atoms with Gasteiger partial charge in [0, 0.05) is 5.39 Å². The lowest BCUT2D eigenvalue weighted by Gasteiger charge is -2.06. The summed E-state index contributed by atoms with van der Waals surface area (Å²) in [5.74, 6) is 0.922. The molecule has 0 atom stereocenters. The average Bonchev–Trinajstić information content (AvgIpc) is 2.30. The molecule has 0 aliphatic heterocycles. The Morgan fingerprint density at radius 3 is 2.73 bits per heavy atom. The van der Waals surface area contributed by atoms with Crippen LogP contribution in [-0.2, 0) is 0 Å². The molecule has 0 aliphatic carbocycles. The summed E-state index contributed by atoms with van der Waals surface area (Å²) in [7, 11) is 0. The highest BCUT2D eigenvalue weighted by Gasteiger charge is 1.98. The molecule has 15 heavy (non-hydrogen) atoms. The number of allylic oxidation sites excluding steroid dienone is 1. The predicted molar refractivity (Wildman–Crippen MR) is 63.9 cm³/mol. The molecule has 75 valence electrons. The molecule has 0 saturated heterocycles. The Balaban J connectivity index is 2.34. The number of rotatable bonds is 3. The van der Waals surface area contributed by atoms with Gasteiger partial charge >= 0.3 is 0 Å². The van der Waals surface area contributed by atoms with Gasteiger partial charge in [-0.3, -0.25) is 0 Å². The van der Waals surface area contributed by atoms with Gasteiger partial charge in [-0.15, -0.1) is 0 Å². The molecule has 2 rings (SSSR count). The number of fused-ring (bicyclic) bond motifs is 1. The maximum Gasteiger partial charge on any atom is 0.127 e. The molecular formula is C14H13O. The van der Waals surface area contributed by atoms with Crippen LogP contribution in [0.1, 0.15) is 0 Å². The molecule has 0 amide bonds. The van der Waals surface area contributed by atoms with E-state index in [-0.39, 0.29) is 0 Å². The van der Waals surface area contributed by atoms with E-state index >= 15 is 0 Å². The Morgan fingerprint density at radius 1 is 1.07 bits per heavy atom. The normalized spacial score (nSPS) is 11.0. The van der Waals surface area contributed by atoms with E-state index in [4.69, 9.17) is 4.74 Å². The van der Waals surface area contributed by atoms with Crippen molar-refractivity contribution in [2.75, 3.05) is 6.61 Å². The molecule has 2 aromatic carbocycles. The summed E-state index contributed by atoms with van der Waals surface area (Å²) in [5, 5.41) is 2.35. The first-order chi connectivity index (χ1) is 7.42. The van der Waals surface area contributed by atoms with Crippen LogP contribution in [0, 0.1) is 6.92 Å². The van der Waals surface area contributed by atoms with Crippen LogP contribution in [0.15, 0.2) is 54.6 Å². The Hall–Kier alpha value is -1.76. The second-order valence-corrected chi connectivity index (χ2v) is 3.26. The number of ether oxygens (including phenoxy) is 1. The number of hydrogen-bond acceptors (Lipinski definition) is 1. The SMILES string of the molecule is [CH2]C=CCOc1cccc2ccccc12. The number of hydrogen-bond donors (Lipinski definition) is 0. The minimum absolute atomic E-state index is 0.567. The van der Waals surface area contributed by atoms with Crippen molar-refractivity contribution in [3.05, 3.63) is 61.5 Å². The van der Waals surface area contributed by atoms with Crippen molar-refractivity contribution in [2.45, 2.75) is 0 Å². The summed E-state index contributed by atoms with van der Waals surface area (Å²) in [4.78, 5) is 0. The quantitative estimate of drug-likeness (QED) is 0.730. The van der Waals surface area contributed by atoms with E-state index in [9.17, 15) is 0 Å². The largest absolute Gasteiger partial charge is 0.489 e. The van der Waals surface area contributed by atoms with E-state index in [1.807, 2.05) is 30.3 Å². The first-order valence-electron chi connectivity index (χ1n) is 4.96. The molecule has 1 heteroatoms. The smallest absolute Gasteiger partial charge is 0.127 e. The molecule has 1 radical (unpaired) electrons. The third-order valence-electron chi connectivity index (χ3n) is 2.25. The zero-order chi connectivity index (χ0) is 10.5.